The highest BCUT2D eigenvalue weighted by molar-refractivity contribution is 5.76. The second kappa shape index (κ2) is 8.50. The number of carbonyl (C=O) groups is 1. The Kier molecular flexibility index (Phi) is 6.92. The van der Waals surface area contributed by atoms with E-state index in [4.69, 9.17) is 9.47 Å². The van der Waals surface area contributed by atoms with E-state index in [-0.39, 0.29) is 19.1 Å². The smallest absolute Gasteiger partial charge is 0.220 e. The summed E-state index contributed by atoms with van der Waals surface area (Å²) >= 11 is 0. The third-order valence-corrected chi connectivity index (χ3v) is 2.67. The van der Waals surface area contributed by atoms with E-state index >= 15 is 0 Å². The highest BCUT2D eigenvalue weighted by atomic mass is 16.5. The maximum absolute atomic E-state index is 11.6. The van der Waals surface area contributed by atoms with Crippen LogP contribution in [0.5, 0.6) is 5.75 Å². The largest absolute Gasteiger partial charge is 0.497 e. The van der Waals surface area contributed by atoms with Gasteiger partial charge in [0.05, 0.1) is 19.8 Å². The molecule has 0 aromatic heterocycles. The Balaban J connectivity index is 2.29. The highest BCUT2D eigenvalue weighted by Gasteiger charge is 2.07. The van der Waals surface area contributed by atoms with Gasteiger partial charge >= 0.3 is 0 Å². The molecule has 0 radical (unpaired) electrons. The third kappa shape index (κ3) is 6.22. The maximum atomic E-state index is 11.6. The van der Waals surface area contributed by atoms with Crippen LogP contribution in [0.1, 0.15) is 12.0 Å². The van der Waals surface area contributed by atoms with Crippen molar-refractivity contribution < 1.29 is 19.4 Å². The van der Waals surface area contributed by atoms with Gasteiger partial charge in [0.1, 0.15) is 5.75 Å². The second-order valence-corrected chi connectivity index (χ2v) is 4.26. The molecule has 0 aliphatic rings. The molecular formula is C14H21NO4. The third-order valence-electron chi connectivity index (χ3n) is 2.67. The lowest BCUT2D eigenvalue weighted by atomic mass is 10.1. The molecule has 0 saturated heterocycles. The standard InChI is InChI=1S/C14H21NO4/c1-18-10-12(16)9-15-14(17)7-6-11-4-3-5-13(8-11)19-2/h3-5,8,12,16H,6-7,9-10H2,1-2H3,(H,15,17)/t12-/m0/s1. The van der Waals surface area contributed by atoms with Crippen LogP contribution < -0.4 is 10.1 Å². The average molecular weight is 267 g/mol. The summed E-state index contributed by atoms with van der Waals surface area (Å²) in [7, 11) is 3.12. The Hall–Kier alpha value is -1.59. The molecule has 0 aliphatic carbocycles. The highest BCUT2D eigenvalue weighted by Crippen LogP contribution is 2.13. The minimum absolute atomic E-state index is 0.0852. The monoisotopic (exact) mass is 267 g/mol. The Morgan fingerprint density at radius 2 is 2.21 bits per heavy atom. The zero-order chi connectivity index (χ0) is 14.1. The maximum Gasteiger partial charge on any atom is 0.220 e. The summed E-state index contributed by atoms with van der Waals surface area (Å²) in [6, 6.07) is 7.63. The number of amides is 1. The lowest BCUT2D eigenvalue weighted by molar-refractivity contribution is -0.121. The van der Waals surface area contributed by atoms with Crippen molar-refractivity contribution in [2.24, 2.45) is 0 Å². The molecule has 0 fully saturated rings. The fourth-order valence-electron chi connectivity index (χ4n) is 1.66. The normalized spacial score (nSPS) is 11.9. The quantitative estimate of drug-likeness (QED) is 0.729. The van der Waals surface area contributed by atoms with Crippen LogP contribution in [0.25, 0.3) is 0 Å². The number of carbonyl (C=O) groups excluding carboxylic acids is 1. The molecule has 0 unspecified atom stereocenters. The van der Waals surface area contributed by atoms with Gasteiger partial charge in [-0.2, -0.15) is 0 Å². The van der Waals surface area contributed by atoms with Gasteiger partial charge < -0.3 is 19.9 Å². The molecule has 0 heterocycles. The number of nitrogens with one attached hydrogen (secondary N) is 1. The van der Waals surface area contributed by atoms with Gasteiger partial charge in [-0.25, -0.2) is 0 Å². The Morgan fingerprint density at radius 1 is 1.42 bits per heavy atom. The van der Waals surface area contributed by atoms with Gasteiger partial charge in [0, 0.05) is 20.1 Å². The van der Waals surface area contributed by atoms with Gasteiger partial charge in [0.15, 0.2) is 0 Å². The zero-order valence-electron chi connectivity index (χ0n) is 11.4. The molecule has 0 saturated carbocycles. The minimum atomic E-state index is -0.661. The molecule has 0 aliphatic heterocycles. The van der Waals surface area contributed by atoms with Gasteiger partial charge in [-0.15, -0.1) is 0 Å². The Morgan fingerprint density at radius 3 is 2.89 bits per heavy atom. The Bertz CT molecular complexity index is 395. The molecule has 0 spiro atoms. The first-order chi connectivity index (χ1) is 9.15. The first-order valence-corrected chi connectivity index (χ1v) is 6.22. The molecule has 106 valence electrons. The Labute approximate surface area is 113 Å². The van der Waals surface area contributed by atoms with Crippen LogP contribution in [0.4, 0.5) is 0 Å². The van der Waals surface area contributed by atoms with Crippen molar-refractivity contribution in [3.63, 3.8) is 0 Å². The number of ether oxygens (including phenoxy) is 2. The van der Waals surface area contributed by atoms with Gasteiger partial charge in [0.2, 0.25) is 5.91 Å². The number of aliphatic hydroxyl groups excluding tert-OH is 1. The van der Waals surface area contributed by atoms with Crippen molar-refractivity contribution in [3.8, 4) is 5.75 Å². The van der Waals surface area contributed by atoms with Gasteiger partial charge in [-0.3, -0.25) is 4.79 Å². The van der Waals surface area contributed by atoms with Crippen LogP contribution in [0.2, 0.25) is 0 Å². The summed E-state index contributed by atoms with van der Waals surface area (Å²) in [4.78, 5) is 11.6. The number of methoxy groups -OCH3 is 2. The first-order valence-electron chi connectivity index (χ1n) is 6.22. The molecule has 5 nitrogen and oxygen atoms in total. The van der Waals surface area contributed by atoms with Crippen LogP contribution in [0.3, 0.4) is 0 Å². The molecule has 1 amide bonds. The number of rotatable bonds is 8. The summed E-state index contributed by atoms with van der Waals surface area (Å²) in [5.41, 5.74) is 1.05. The van der Waals surface area contributed by atoms with Gasteiger partial charge in [-0.05, 0) is 24.1 Å². The number of aliphatic hydroxyl groups is 1. The summed E-state index contributed by atoms with van der Waals surface area (Å²) in [5.74, 6) is 0.700. The number of hydrogen-bond donors (Lipinski definition) is 2. The van der Waals surface area contributed by atoms with Crippen LogP contribution in [0.15, 0.2) is 24.3 Å². The first kappa shape index (κ1) is 15.5. The molecule has 1 atom stereocenters. The van der Waals surface area contributed by atoms with E-state index in [0.29, 0.717) is 12.8 Å². The lowest BCUT2D eigenvalue weighted by Crippen LogP contribution is -2.34. The average Bonchev–Trinajstić information content (AvgIpc) is 2.43. The van der Waals surface area contributed by atoms with Crippen molar-refractivity contribution in [2.75, 3.05) is 27.4 Å². The van der Waals surface area contributed by atoms with Crippen molar-refractivity contribution >= 4 is 5.91 Å². The predicted molar refractivity (Wildman–Crippen MR) is 72.2 cm³/mol. The molecule has 19 heavy (non-hydrogen) atoms. The van der Waals surface area contributed by atoms with Crippen molar-refractivity contribution in [1.82, 2.24) is 5.32 Å². The number of hydrogen-bond acceptors (Lipinski definition) is 4. The van der Waals surface area contributed by atoms with Crippen molar-refractivity contribution in [3.05, 3.63) is 29.8 Å². The molecule has 0 bridgehead atoms. The minimum Gasteiger partial charge on any atom is -0.497 e. The SMILES string of the molecule is COC[C@@H](O)CNC(=O)CCc1cccc(OC)c1. The molecule has 1 rings (SSSR count). The van der Waals surface area contributed by atoms with Crippen LogP contribution in [-0.4, -0.2) is 44.5 Å². The van der Waals surface area contributed by atoms with E-state index in [1.165, 1.54) is 7.11 Å². The van der Waals surface area contributed by atoms with E-state index in [2.05, 4.69) is 5.32 Å². The topological polar surface area (TPSA) is 67.8 Å². The lowest BCUT2D eigenvalue weighted by Gasteiger charge is -2.10. The van der Waals surface area contributed by atoms with E-state index in [1.54, 1.807) is 7.11 Å². The van der Waals surface area contributed by atoms with E-state index < -0.39 is 6.10 Å². The summed E-state index contributed by atoms with van der Waals surface area (Å²) in [6.45, 7) is 0.431. The predicted octanol–water partition coefficient (Wildman–Crippen LogP) is 0.751. The number of benzene rings is 1. The second-order valence-electron chi connectivity index (χ2n) is 4.26. The van der Waals surface area contributed by atoms with Crippen LogP contribution in [0, 0.1) is 0 Å². The molecular weight excluding hydrogens is 246 g/mol. The molecule has 5 heteroatoms. The van der Waals surface area contributed by atoms with E-state index in [0.717, 1.165) is 11.3 Å². The molecule has 2 N–H and O–H groups in total. The van der Waals surface area contributed by atoms with E-state index in [1.807, 2.05) is 24.3 Å². The molecule has 1 aromatic rings. The summed E-state index contributed by atoms with van der Waals surface area (Å²) in [6.07, 6.45) is 0.363. The summed E-state index contributed by atoms with van der Waals surface area (Å²) in [5, 5.41) is 12.1. The number of aryl methyl sites for hydroxylation is 1. The van der Waals surface area contributed by atoms with E-state index in [9.17, 15) is 9.90 Å². The van der Waals surface area contributed by atoms with Crippen LogP contribution in [-0.2, 0) is 16.0 Å². The fourth-order valence-corrected chi connectivity index (χ4v) is 1.66. The summed E-state index contributed by atoms with van der Waals surface area (Å²) < 4.78 is 9.90. The zero-order valence-corrected chi connectivity index (χ0v) is 11.4. The van der Waals surface area contributed by atoms with Crippen LogP contribution >= 0.6 is 0 Å². The van der Waals surface area contributed by atoms with Crippen molar-refractivity contribution in [2.45, 2.75) is 18.9 Å². The van der Waals surface area contributed by atoms with Gasteiger partial charge in [0.25, 0.3) is 0 Å². The fraction of sp³-hybridized carbons (Fsp3) is 0.500. The molecule has 1 aromatic carbocycles. The van der Waals surface area contributed by atoms with Crippen molar-refractivity contribution in [1.29, 1.82) is 0 Å². The van der Waals surface area contributed by atoms with Gasteiger partial charge in [-0.1, -0.05) is 12.1 Å².